The van der Waals surface area contributed by atoms with E-state index in [1.807, 2.05) is 0 Å². The fraction of sp³-hybridized carbons (Fsp3) is 0. The molecule has 0 spiro atoms. The molecular formula is C4H2F2O3S. The summed E-state index contributed by atoms with van der Waals surface area (Å²) in [5.41, 5.74) is 0. The van der Waals surface area contributed by atoms with E-state index >= 15 is 0 Å². The molecule has 0 aromatic carbocycles. The van der Waals surface area contributed by atoms with E-state index in [0.29, 0.717) is 6.08 Å². The predicted octanol–water partition coefficient (Wildman–Crippen LogP) is 0.968. The van der Waals surface area contributed by atoms with Crippen LogP contribution in [-0.4, -0.2) is 8.42 Å². The minimum Gasteiger partial charge on any atom is -0.349 e. The highest BCUT2D eigenvalue weighted by atomic mass is 32.2. The van der Waals surface area contributed by atoms with Crippen LogP contribution >= 0.6 is 0 Å². The molecule has 0 fully saturated rings. The third kappa shape index (κ3) is 1.53. The molecule has 0 radical (unpaired) electrons. The summed E-state index contributed by atoms with van der Waals surface area (Å²) >= 11 is 0. The second kappa shape index (κ2) is 2.05. The summed E-state index contributed by atoms with van der Waals surface area (Å²) in [5.74, 6) is -1.18. The van der Waals surface area contributed by atoms with E-state index < -0.39 is 22.0 Å². The van der Waals surface area contributed by atoms with E-state index in [1.54, 1.807) is 0 Å². The van der Waals surface area contributed by atoms with Crippen LogP contribution in [0.4, 0.5) is 8.78 Å². The Morgan fingerprint density at radius 1 is 1.40 bits per heavy atom. The molecule has 0 saturated heterocycles. The Bertz CT molecular complexity index is 300. The van der Waals surface area contributed by atoms with Crippen LogP contribution < -0.4 is 0 Å². The number of rotatable bonds is 0. The van der Waals surface area contributed by atoms with Crippen molar-refractivity contribution in [3.63, 3.8) is 0 Å². The van der Waals surface area contributed by atoms with Gasteiger partial charge in [-0.15, -0.1) is 0 Å². The van der Waals surface area contributed by atoms with Crippen molar-refractivity contribution in [3.8, 4) is 0 Å². The molecular weight excluding hydrogens is 166 g/mol. The van der Waals surface area contributed by atoms with E-state index in [4.69, 9.17) is 0 Å². The van der Waals surface area contributed by atoms with Crippen LogP contribution in [0.2, 0.25) is 0 Å². The summed E-state index contributed by atoms with van der Waals surface area (Å²) in [6.07, 6.45) is 0.334. The van der Waals surface area contributed by atoms with Gasteiger partial charge in [0.05, 0.1) is 0 Å². The van der Waals surface area contributed by atoms with Crippen molar-refractivity contribution in [2.45, 2.75) is 0 Å². The summed E-state index contributed by atoms with van der Waals surface area (Å²) in [6, 6.07) is -1.46. The predicted molar refractivity (Wildman–Crippen MR) is 28.4 cm³/mol. The Balaban J connectivity index is 3.11. The van der Waals surface area contributed by atoms with Gasteiger partial charge in [0.15, 0.2) is 0 Å². The first-order valence-electron chi connectivity index (χ1n) is 2.18. The molecule has 0 aromatic heterocycles. The van der Waals surface area contributed by atoms with Crippen LogP contribution in [0.1, 0.15) is 0 Å². The third-order valence-electron chi connectivity index (χ3n) is 0.704. The molecule has 1 aliphatic heterocycles. The van der Waals surface area contributed by atoms with Gasteiger partial charge in [-0.25, -0.2) is 4.39 Å². The zero-order chi connectivity index (χ0) is 7.78. The molecule has 6 heteroatoms. The monoisotopic (exact) mass is 168 g/mol. The van der Waals surface area contributed by atoms with Crippen molar-refractivity contribution in [2.75, 3.05) is 0 Å². The molecule has 0 N–H and O–H groups in total. The number of allylic oxidation sites excluding steroid dienone is 2. The second-order valence-corrected chi connectivity index (χ2v) is 2.92. The molecule has 0 saturated carbocycles. The Kier molecular flexibility index (Phi) is 1.47. The number of hydrogen-bond donors (Lipinski definition) is 0. The van der Waals surface area contributed by atoms with E-state index in [9.17, 15) is 17.2 Å². The molecule has 56 valence electrons. The fourth-order valence-corrected chi connectivity index (χ4v) is 1.10. The maximum Gasteiger partial charge on any atom is 0.337 e. The van der Waals surface area contributed by atoms with Gasteiger partial charge in [0.2, 0.25) is 0 Å². The minimum atomic E-state index is -4.16. The second-order valence-electron chi connectivity index (χ2n) is 1.53. The van der Waals surface area contributed by atoms with Gasteiger partial charge in [-0.05, 0) is 0 Å². The van der Waals surface area contributed by atoms with Crippen LogP contribution in [0, 0.1) is 0 Å². The number of hydrogen-bond acceptors (Lipinski definition) is 3. The van der Waals surface area contributed by atoms with Crippen LogP contribution in [0.3, 0.4) is 0 Å². The van der Waals surface area contributed by atoms with Crippen LogP contribution in [0.5, 0.6) is 0 Å². The first-order valence-corrected chi connectivity index (χ1v) is 3.66. The highest BCUT2D eigenvalue weighted by Gasteiger charge is 2.18. The summed E-state index contributed by atoms with van der Waals surface area (Å²) in [7, 11) is -4.16. The summed E-state index contributed by atoms with van der Waals surface area (Å²) in [4.78, 5) is 0. The molecule has 0 aliphatic carbocycles. The van der Waals surface area contributed by atoms with Gasteiger partial charge in [-0.3, -0.25) is 0 Å². The molecule has 0 unspecified atom stereocenters. The quantitative estimate of drug-likeness (QED) is 0.506. The maximum absolute atomic E-state index is 12.0. The maximum atomic E-state index is 12.0. The lowest BCUT2D eigenvalue weighted by Crippen LogP contribution is -2.03. The van der Waals surface area contributed by atoms with Gasteiger partial charge in [-0.1, -0.05) is 0 Å². The standard InChI is InChI=1S/C4H2F2O3S/c5-3-1-4(6)9-10(7,8)2-3/h1-2H. The summed E-state index contributed by atoms with van der Waals surface area (Å²) in [5, 5.41) is 0.191. The van der Waals surface area contributed by atoms with E-state index in [-0.39, 0.29) is 5.41 Å². The number of halogens is 2. The Morgan fingerprint density at radius 3 is 2.40 bits per heavy atom. The van der Waals surface area contributed by atoms with Gasteiger partial charge in [-0.2, -0.15) is 12.8 Å². The highest BCUT2D eigenvalue weighted by molar-refractivity contribution is 7.89. The van der Waals surface area contributed by atoms with Gasteiger partial charge in [0.25, 0.3) is 6.01 Å². The van der Waals surface area contributed by atoms with Gasteiger partial charge < -0.3 is 4.18 Å². The normalized spacial score (nSPS) is 22.6. The van der Waals surface area contributed by atoms with Crippen molar-refractivity contribution in [2.24, 2.45) is 0 Å². The van der Waals surface area contributed by atoms with E-state index in [1.165, 1.54) is 0 Å². The molecule has 1 heterocycles. The van der Waals surface area contributed by atoms with Crippen molar-refractivity contribution in [1.82, 2.24) is 0 Å². The fourth-order valence-electron chi connectivity index (χ4n) is 0.439. The van der Waals surface area contributed by atoms with Gasteiger partial charge >= 0.3 is 10.1 Å². The average Bonchev–Trinajstić information content (AvgIpc) is 1.54. The molecule has 0 aromatic rings. The van der Waals surface area contributed by atoms with Gasteiger partial charge in [0.1, 0.15) is 11.2 Å². The summed E-state index contributed by atoms with van der Waals surface area (Å²) < 4.78 is 48.0. The topological polar surface area (TPSA) is 43.4 Å². The van der Waals surface area contributed by atoms with Gasteiger partial charge in [0, 0.05) is 6.08 Å². The zero-order valence-electron chi connectivity index (χ0n) is 4.54. The molecule has 0 atom stereocenters. The molecule has 0 bridgehead atoms. The van der Waals surface area contributed by atoms with Crippen LogP contribution in [0.15, 0.2) is 23.3 Å². The lowest BCUT2D eigenvalue weighted by molar-refractivity contribution is 0.303. The van der Waals surface area contributed by atoms with Crippen molar-refractivity contribution in [3.05, 3.63) is 23.3 Å². The van der Waals surface area contributed by atoms with Crippen molar-refractivity contribution < 1.29 is 21.4 Å². The largest absolute Gasteiger partial charge is 0.349 e. The first kappa shape index (κ1) is 7.20. The Labute approximate surface area is 55.7 Å². The molecule has 0 amide bonds. The molecule has 1 aliphatic rings. The van der Waals surface area contributed by atoms with E-state index in [2.05, 4.69) is 4.18 Å². The smallest absolute Gasteiger partial charge is 0.337 e. The highest BCUT2D eigenvalue weighted by Crippen LogP contribution is 2.18. The van der Waals surface area contributed by atoms with Crippen LogP contribution in [0.25, 0.3) is 0 Å². The van der Waals surface area contributed by atoms with E-state index in [0.717, 1.165) is 0 Å². The van der Waals surface area contributed by atoms with Crippen LogP contribution in [-0.2, 0) is 14.3 Å². The average molecular weight is 168 g/mol. The molecule has 1 rings (SSSR count). The lowest BCUT2D eigenvalue weighted by atomic mass is 10.6. The molecule has 10 heavy (non-hydrogen) atoms. The lowest BCUT2D eigenvalue weighted by Gasteiger charge is -2.03. The zero-order valence-corrected chi connectivity index (χ0v) is 5.36. The third-order valence-corrected chi connectivity index (χ3v) is 1.61. The summed E-state index contributed by atoms with van der Waals surface area (Å²) in [6.45, 7) is 0. The Morgan fingerprint density at radius 2 is 2.00 bits per heavy atom. The minimum absolute atomic E-state index is 0.191. The SMILES string of the molecule is O=S1(=O)C=C(F)C=C(F)O1. The first-order chi connectivity index (χ1) is 4.49. The molecule has 3 nitrogen and oxygen atoms in total. The Hall–Kier alpha value is -0.910. The van der Waals surface area contributed by atoms with Crippen molar-refractivity contribution >= 4 is 10.1 Å². The van der Waals surface area contributed by atoms with Crippen molar-refractivity contribution in [1.29, 1.82) is 0 Å².